The predicted molar refractivity (Wildman–Crippen MR) is 68.3 cm³/mol. The van der Waals surface area contributed by atoms with E-state index in [1.54, 1.807) is 0 Å². The standard InChI is InChI=1S/C12H22ClNO3/c1-8(2)6-10(9(15)7-13)17-11(16)14-12(3,4)5/h8,10H,6-7H2,1-5H3,(H,14,16). The predicted octanol–water partition coefficient (Wildman–Crippen LogP) is 2.73. The van der Waals surface area contributed by atoms with Gasteiger partial charge >= 0.3 is 6.09 Å². The number of carbonyl (C=O) groups is 2. The van der Waals surface area contributed by atoms with Gasteiger partial charge in [0.05, 0.1) is 5.88 Å². The number of halogens is 1. The van der Waals surface area contributed by atoms with Gasteiger partial charge in [0.25, 0.3) is 0 Å². The van der Waals surface area contributed by atoms with Crippen LogP contribution in [-0.2, 0) is 9.53 Å². The molecule has 17 heavy (non-hydrogen) atoms. The second-order valence-electron chi connectivity index (χ2n) is 5.50. The lowest BCUT2D eigenvalue weighted by atomic mass is 10.0. The summed E-state index contributed by atoms with van der Waals surface area (Å²) in [6.45, 7) is 9.44. The first kappa shape index (κ1) is 16.2. The minimum atomic E-state index is -0.755. The number of Topliss-reactive ketones (excluding diaryl/α,β-unsaturated/α-hetero) is 1. The Morgan fingerprint density at radius 1 is 1.29 bits per heavy atom. The van der Waals surface area contributed by atoms with E-state index in [0.717, 1.165) is 0 Å². The van der Waals surface area contributed by atoms with Crippen LogP contribution < -0.4 is 5.32 Å². The Labute approximate surface area is 108 Å². The Kier molecular flexibility index (Phi) is 6.53. The number of hydrogen-bond donors (Lipinski definition) is 1. The zero-order valence-corrected chi connectivity index (χ0v) is 11.9. The Balaban J connectivity index is 4.43. The highest BCUT2D eigenvalue weighted by molar-refractivity contribution is 6.28. The van der Waals surface area contributed by atoms with Crippen LogP contribution in [0.3, 0.4) is 0 Å². The zero-order chi connectivity index (χ0) is 13.6. The van der Waals surface area contributed by atoms with E-state index >= 15 is 0 Å². The lowest BCUT2D eigenvalue weighted by Crippen LogP contribution is -2.43. The molecule has 0 radical (unpaired) electrons. The highest BCUT2D eigenvalue weighted by atomic mass is 35.5. The minimum absolute atomic E-state index is 0.139. The second kappa shape index (κ2) is 6.84. The molecule has 0 aromatic rings. The first-order chi connectivity index (χ1) is 7.65. The van der Waals surface area contributed by atoms with Crippen molar-refractivity contribution in [1.82, 2.24) is 5.32 Å². The van der Waals surface area contributed by atoms with Crippen molar-refractivity contribution in [2.24, 2.45) is 5.92 Å². The van der Waals surface area contributed by atoms with Gasteiger partial charge in [0.1, 0.15) is 0 Å². The summed E-state index contributed by atoms with van der Waals surface area (Å²) in [5.74, 6) is -0.140. The molecule has 1 N–H and O–H groups in total. The lowest BCUT2D eigenvalue weighted by molar-refractivity contribution is -0.125. The van der Waals surface area contributed by atoms with Gasteiger partial charge in [-0.15, -0.1) is 11.6 Å². The molecule has 5 heteroatoms. The van der Waals surface area contributed by atoms with Gasteiger partial charge in [0.15, 0.2) is 11.9 Å². The summed E-state index contributed by atoms with van der Waals surface area (Å²) in [7, 11) is 0. The number of rotatable bonds is 5. The van der Waals surface area contributed by atoms with Gasteiger partial charge in [-0.1, -0.05) is 13.8 Å². The van der Waals surface area contributed by atoms with Crippen molar-refractivity contribution in [1.29, 1.82) is 0 Å². The van der Waals surface area contributed by atoms with Gasteiger partial charge in [-0.25, -0.2) is 4.79 Å². The van der Waals surface area contributed by atoms with Crippen LogP contribution in [0.15, 0.2) is 0 Å². The summed E-state index contributed by atoms with van der Waals surface area (Å²) in [5, 5.41) is 2.65. The number of amides is 1. The normalized spacial score (nSPS) is 13.4. The fraction of sp³-hybridized carbons (Fsp3) is 0.833. The van der Waals surface area contributed by atoms with Crippen LogP contribution >= 0.6 is 11.6 Å². The van der Waals surface area contributed by atoms with E-state index in [0.29, 0.717) is 6.42 Å². The van der Waals surface area contributed by atoms with E-state index in [1.807, 2.05) is 34.6 Å². The molecule has 0 spiro atoms. The molecule has 0 aromatic carbocycles. The SMILES string of the molecule is CC(C)CC(OC(=O)NC(C)(C)C)C(=O)CCl. The number of ether oxygens (including phenoxy) is 1. The number of alkyl carbamates (subject to hydrolysis) is 1. The quantitative estimate of drug-likeness (QED) is 0.776. The second-order valence-corrected chi connectivity index (χ2v) is 5.77. The minimum Gasteiger partial charge on any atom is -0.438 e. The summed E-state index contributed by atoms with van der Waals surface area (Å²) in [5.41, 5.74) is -0.385. The monoisotopic (exact) mass is 263 g/mol. The van der Waals surface area contributed by atoms with Gasteiger partial charge in [0.2, 0.25) is 0 Å². The van der Waals surface area contributed by atoms with Gasteiger partial charge in [-0.05, 0) is 33.1 Å². The van der Waals surface area contributed by atoms with Crippen LogP contribution in [0.5, 0.6) is 0 Å². The molecule has 0 saturated carbocycles. The summed E-state index contributed by atoms with van der Waals surface area (Å²) in [6, 6.07) is 0. The van der Waals surface area contributed by atoms with Crippen molar-refractivity contribution in [2.75, 3.05) is 5.88 Å². The topological polar surface area (TPSA) is 55.4 Å². The maximum atomic E-state index is 11.5. The van der Waals surface area contributed by atoms with Crippen molar-refractivity contribution in [3.63, 3.8) is 0 Å². The third-order valence-electron chi connectivity index (χ3n) is 1.90. The zero-order valence-electron chi connectivity index (χ0n) is 11.2. The third kappa shape index (κ3) is 8.02. The van der Waals surface area contributed by atoms with Crippen LogP contribution in [0.1, 0.15) is 41.0 Å². The number of ketones is 1. The van der Waals surface area contributed by atoms with Crippen molar-refractivity contribution in [3.8, 4) is 0 Å². The first-order valence-electron chi connectivity index (χ1n) is 5.73. The molecule has 0 bridgehead atoms. The van der Waals surface area contributed by atoms with Crippen molar-refractivity contribution < 1.29 is 14.3 Å². The molecule has 1 unspecified atom stereocenters. The molecule has 0 fully saturated rings. The summed E-state index contributed by atoms with van der Waals surface area (Å²) < 4.78 is 5.11. The van der Waals surface area contributed by atoms with E-state index in [-0.39, 0.29) is 23.1 Å². The molecule has 1 atom stereocenters. The highest BCUT2D eigenvalue weighted by Gasteiger charge is 2.24. The van der Waals surface area contributed by atoms with Crippen LogP contribution in [0.2, 0.25) is 0 Å². The van der Waals surface area contributed by atoms with Crippen molar-refractivity contribution >= 4 is 23.5 Å². The van der Waals surface area contributed by atoms with Crippen LogP contribution in [0.25, 0.3) is 0 Å². The fourth-order valence-corrected chi connectivity index (χ4v) is 1.40. The molecule has 1 amide bonds. The number of carbonyl (C=O) groups excluding carboxylic acids is 2. The summed E-state index contributed by atoms with van der Waals surface area (Å²) in [4.78, 5) is 23.1. The molecule has 100 valence electrons. The molecule has 0 rings (SSSR count). The highest BCUT2D eigenvalue weighted by Crippen LogP contribution is 2.11. The fourth-order valence-electron chi connectivity index (χ4n) is 1.22. The van der Waals surface area contributed by atoms with E-state index in [2.05, 4.69) is 5.32 Å². The lowest BCUT2D eigenvalue weighted by Gasteiger charge is -2.23. The number of hydrogen-bond acceptors (Lipinski definition) is 3. The average molecular weight is 264 g/mol. The van der Waals surface area contributed by atoms with Crippen molar-refractivity contribution in [2.45, 2.75) is 52.7 Å². The molecule has 0 heterocycles. The Hall–Kier alpha value is -0.770. The van der Waals surface area contributed by atoms with Crippen LogP contribution in [0.4, 0.5) is 4.79 Å². The van der Waals surface area contributed by atoms with Crippen LogP contribution in [0, 0.1) is 5.92 Å². The van der Waals surface area contributed by atoms with E-state index < -0.39 is 12.2 Å². The molecule has 0 aliphatic carbocycles. The van der Waals surface area contributed by atoms with Gasteiger partial charge in [0, 0.05) is 5.54 Å². The summed E-state index contributed by atoms with van der Waals surface area (Å²) >= 11 is 5.49. The number of alkyl halides is 1. The smallest absolute Gasteiger partial charge is 0.408 e. The molecule has 4 nitrogen and oxygen atoms in total. The average Bonchev–Trinajstić information content (AvgIpc) is 2.11. The van der Waals surface area contributed by atoms with E-state index in [9.17, 15) is 9.59 Å². The Morgan fingerprint density at radius 3 is 2.18 bits per heavy atom. The third-order valence-corrected chi connectivity index (χ3v) is 2.17. The maximum Gasteiger partial charge on any atom is 0.408 e. The molecule has 0 aliphatic heterocycles. The molecule has 0 aliphatic rings. The Bertz CT molecular complexity index is 271. The maximum absolute atomic E-state index is 11.5. The summed E-state index contributed by atoms with van der Waals surface area (Å²) in [6.07, 6.45) is -0.847. The van der Waals surface area contributed by atoms with Crippen LogP contribution in [-0.4, -0.2) is 29.4 Å². The van der Waals surface area contributed by atoms with E-state index in [4.69, 9.17) is 16.3 Å². The molecular formula is C12H22ClNO3. The molecule has 0 aromatic heterocycles. The molecule has 0 saturated heterocycles. The van der Waals surface area contributed by atoms with E-state index in [1.165, 1.54) is 0 Å². The van der Waals surface area contributed by atoms with Gasteiger partial charge in [-0.3, -0.25) is 4.79 Å². The number of nitrogens with one attached hydrogen (secondary N) is 1. The van der Waals surface area contributed by atoms with Gasteiger partial charge in [-0.2, -0.15) is 0 Å². The largest absolute Gasteiger partial charge is 0.438 e. The molecular weight excluding hydrogens is 242 g/mol. The Morgan fingerprint density at radius 2 is 1.82 bits per heavy atom. The first-order valence-corrected chi connectivity index (χ1v) is 6.26. The van der Waals surface area contributed by atoms with Crippen molar-refractivity contribution in [3.05, 3.63) is 0 Å². The van der Waals surface area contributed by atoms with Gasteiger partial charge < -0.3 is 10.1 Å².